The fraction of sp³-hybridized carbons (Fsp3) is 0.500. The van der Waals surface area contributed by atoms with E-state index in [4.69, 9.17) is 6.42 Å². The van der Waals surface area contributed by atoms with Gasteiger partial charge in [0.1, 0.15) is 5.54 Å². The van der Waals surface area contributed by atoms with Crippen LogP contribution in [-0.4, -0.2) is 18.4 Å². The summed E-state index contributed by atoms with van der Waals surface area (Å²) in [7, 11) is 1.73. The van der Waals surface area contributed by atoms with E-state index in [1.807, 2.05) is 5.92 Å². The van der Waals surface area contributed by atoms with Gasteiger partial charge < -0.3 is 5.32 Å². The number of carbonyl (C=O) groups is 1. The number of ketones is 1. The molecule has 0 heterocycles. The van der Waals surface area contributed by atoms with Gasteiger partial charge in [0.2, 0.25) is 0 Å². The Bertz CT molecular complexity index is 403. The van der Waals surface area contributed by atoms with Gasteiger partial charge in [-0.25, -0.2) is 0 Å². The fourth-order valence-corrected chi connectivity index (χ4v) is 2.37. The van der Waals surface area contributed by atoms with E-state index < -0.39 is 11.4 Å². The summed E-state index contributed by atoms with van der Waals surface area (Å²) in [6, 6.07) is 0. The zero-order valence-electron chi connectivity index (χ0n) is 10.3. The average Bonchev–Trinajstić information content (AvgIpc) is 2.36. The number of allylic oxidation sites excluding steroid dienone is 2. The van der Waals surface area contributed by atoms with Crippen molar-refractivity contribution in [3.05, 3.63) is 23.6 Å². The van der Waals surface area contributed by atoms with E-state index >= 15 is 0 Å². The first kappa shape index (κ1) is 13.7. The predicted molar refractivity (Wildman–Crippen MR) is 67.0 cm³/mol. The van der Waals surface area contributed by atoms with Crippen LogP contribution in [0.2, 0.25) is 0 Å². The van der Waals surface area contributed by atoms with Crippen molar-refractivity contribution in [3.8, 4) is 12.3 Å². The van der Waals surface area contributed by atoms with Gasteiger partial charge in [-0.05, 0) is 44.4 Å². The molecule has 3 heteroatoms. The molecule has 92 valence electrons. The van der Waals surface area contributed by atoms with Crippen LogP contribution in [0.15, 0.2) is 23.6 Å². The predicted octanol–water partition coefficient (Wildman–Crippen LogP) is 2.52. The summed E-state index contributed by atoms with van der Waals surface area (Å²) in [4.78, 5) is 12.1. The van der Waals surface area contributed by atoms with Gasteiger partial charge in [0.15, 0.2) is 11.6 Å². The Morgan fingerprint density at radius 3 is 2.76 bits per heavy atom. The Kier molecular flexibility index (Phi) is 4.65. The minimum Gasteiger partial charge on any atom is -0.304 e. The lowest BCUT2D eigenvalue weighted by Gasteiger charge is -2.36. The Morgan fingerprint density at radius 2 is 2.29 bits per heavy atom. The molecular formula is C14H18FNO. The van der Waals surface area contributed by atoms with Crippen molar-refractivity contribution in [2.45, 2.75) is 38.1 Å². The van der Waals surface area contributed by atoms with Crippen LogP contribution in [0, 0.1) is 12.3 Å². The van der Waals surface area contributed by atoms with E-state index in [1.54, 1.807) is 20.0 Å². The maximum atomic E-state index is 13.2. The Labute approximate surface area is 102 Å². The number of hydrogen-bond donors (Lipinski definition) is 1. The Morgan fingerprint density at radius 1 is 1.59 bits per heavy atom. The smallest absolute Gasteiger partial charge is 0.173 e. The number of likely N-dealkylation sites (N-methyl/N-ethyl adjacent to an activating group) is 1. The molecule has 1 atom stereocenters. The maximum Gasteiger partial charge on any atom is 0.173 e. The molecule has 0 aromatic heterocycles. The third kappa shape index (κ3) is 2.65. The normalized spacial score (nSPS) is 26.8. The topological polar surface area (TPSA) is 29.1 Å². The molecule has 17 heavy (non-hydrogen) atoms. The molecule has 0 spiro atoms. The van der Waals surface area contributed by atoms with Crippen LogP contribution in [-0.2, 0) is 4.79 Å². The summed E-state index contributed by atoms with van der Waals surface area (Å²) < 4.78 is 13.2. The third-order valence-corrected chi connectivity index (χ3v) is 3.33. The lowest BCUT2D eigenvalue weighted by molar-refractivity contribution is -0.125. The molecule has 0 amide bonds. The van der Waals surface area contributed by atoms with Gasteiger partial charge in [0, 0.05) is 6.42 Å². The first-order chi connectivity index (χ1) is 8.10. The van der Waals surface area contributed by atoms with Crippen molar-refractivity contribution in [3.63, 3.8) is 0 Å². The van der Waals surface area contributed by atoms with Gasteiger partial charge in [-0.15, -0.1) is 6.42 Å². The molecule has 1 saturated carbocycles. The molecule has 1 N–H and O–H groups in total. The Balaban J connectivity index is 3.15. The highest BCUT2D eigenvalue weighted by molar-refractivity contribution is 5.93. The van der Waals surface area contributed by atoms with E-state index in [2.05, 4.69) is 5.32 Å². The SMILES string of the molecule is C#C/C(F)=C\C(=C/C)[C@@]1(NC)CCCCC1=O. The van der Waals surface area contributed by atoms with Crippen LogP contribution in [0.5, 0.6) is 0 Å². The molecule has 1 rings (SSSR count). The van der Waals surface area contributed by atoms with Gasteiger partial charge in [-0.3, -0.25) is 4.79 Å². The van der Waals surface area contributed by atoms with Crippen molar-refractivity contribution in [1.82, 2.24) is 5.32 Å². The lowest BCUT2D eigenvalue weighted by Crippen LogP contribution is -2.53. The van der Waals surface area contributed by atoms with Gasteiger partial charge in [-0.1, -0.05) is 12.5 Å². The van der Waals surface area contributed by atoms with Crippen molar-refractivity contribution < 1.29 is 9.18 Å². The molecule has 0 saturated heterocycles. The van der Waals surface area contributed by atoms with Crippen molar-refractivity contribution in [1.29, 1.82) is 0 Å². The van der Waals surface area contributed by atoms with Gasteiger partial charge in [0.25, 0.3) is 0 Å². The van der Waals surface area contributed by atoms with Crippen molar-refractivity contribution in [2.75, 3.05) is 7.05 Å². The standard InChI is InChI=1S/C14H18FNO/c1-4-11(10-12(15)5-2)14(16-3)9-7-6-8-13(14)17/h2,4,10,16H,6-9H2,1,3H3/b11-4+,12-10+/t14-/m0/s1. The molecule has 0 aromatic carbocycles. The summed E-state index contributed by atoms with van der Waals surface area (Å²) in [5.41, 5.74) is -0.138. The third-order valence-electron chi connectivity index (χ3n) is 3.33. The largest absolute Gasteiger partial charge is 0.304 e. The highest BCUT2D eigenvalue weighted by Gasteiger charge is 2.40. The van der Waals surface area contributed by atoms with Gasteiger partial charge >= 0.3 is 0 Å². The zero-order chi connectivity index (χ0) is 12.9. The summed E-state index contributed by atoms with van der Waals surface area (Å²) in [6.45, 7) is 1.79. The van der Waals surface area contributed by atoms with E-state index in [-0.39, 0.29) is 5.78 Å². The van der Waals surface area contributed by atoms with Crippen molar-refractivity contribution >= 4 is 5.78 Å². The highest BCUT2D eigenvalue weighted by Crippen LogP contribution is 2.32. The van der Waals surface area contributed by atoms with E-state index in [1.165, 1.54) is 6.08 Å². The quantitative estimate of drug-likeness (QED) is 0.601. The molecule has 0 bridgehead atoms. The van der Waals surface area contributed by atoms with E-state index in [0.29, 0.717) is 18.4 Å². The number of Topliss-reactive ketones (excluding diaryl/α,β-unsaturated/α-hetero) is 1. The van der Waals surface area contributed by atoms with Crippen LogP contribution < -0.4 is 5.32 Å². The molecular weight excluding hydrogens is 217 g/mol. The average molecular weight is 235 g/mol. The first-order valence-corrected chi connectivity index (χ1v) is 5.83. The second-order valence-corrected chi connectivity index (χ2v) is 4.17. The fourth-order valence-electron chi connectivity index (χ4n) is 2.37. The van der Waals surface area contributed by atoms with Gasteiger partial charge in [0.05, 0.1) is 0 Å². The monoisotopic (exact) mass is 235 g/mol. The molecule has 0 aliphatic heterocycles. The molecule has 1 aliphatic rings. The van der Waals surface area contributed by atoms with Crippen LogP contribution in [0.25, 0.3) is 0 Å². The molecule has 1 aliphatic carbocycles. The van der Waals surface area contributed by atoms with Gasteiger partial charge in [-0.2, -0.15) is 4.39 Å². The molecule has 0 unspecified atom stereocenters. The maximum absolute atomic E-state index is 13.2. The highest BCUT2D eigenvalue weighted by atomic mass is 19.1. The van der Waals surface area contributed by atoms with Crippen LogP contribution in [0.1, 0.15) is 32.6 Å². The number of halogens is 1. The molecule has 0 aromatic rings. The number of nitrogens with one attached hydrogen (secondary N) is 1. The minimum absolute atomic E-state index is 0.112. The molecule has 1 fully saturated rings. The summed E-state index contributed by atoms with van der Waals surface area (Å²) in [6.07, 6.45) is 11.1. The Hall–Kier alpha value is -1.40. The van der Waals surface area contributed by atoms with E-state index in [9.17, 15) is 9.18 Å². The number of hydrogen-bond acceptors (Lipinski definition) is 2. The number of carbonyl (C=O) groups excluding carboxylic acids is 1. The summed E-state index contributed by atoms with van der Waals surface area (Å²) >= 11 is 0. The second-order valence-electron chi connectivity index (χ2n) is 4.17. The summed E-state index contributed by atoms with van der Waals surface area (Å²) in [5.74, 6) is 1.40. The molecule has 0 radical (unpaired) electrons. The first-order valence-electron chi connectivity index (χ1n) is 5.83. The second kappa shape index (κ2) is 5.79. The van der Waals surface area contributed by atoms with Crippen LogP contribution in [0.4, 0.5) is 4.39 Å². The summed E-state index contributed by atoms with van der Waals surface area (Å²) in [5, 5.41) is 3.05. The van der Waals surface area contributed by atoms with Crippen LogP contribution >= 0.6 is 0 Å². The minimum atomic E-state index is -0.763. The van der Waals surface area contributed by atoms with Crippen LogP contribution in [0.3, 0.4) is 0 Å². The van der Waals surface area contributed by atoms with Crippen molar-refractivity contribution in [2.24, 2.45) is 0 Å². The van der Waals surface area contributed by atoms with E-state index in [0.717, 1.165) is 12.8 Å². The lowest BCUT2D eigenvalue weighted by atomic mass is 9.75. The number of rotatable bonds is 3. The zero-order valence-corrected chi connectivity index (χ0v) is 10.3. The number of terminal acetylenes is 1. The molecule has 2 nitrogen and oxygen atoms in total.